The van der Waals surface area contributed by atoms with Crippen LogP contribution in [-0.4, -0.2) is 67.9 Å². The van der Waals surface area contributed by atoms with Crippen LogP contribution in [0, 0.1) is 0 Å². The second kappa shape index (κ2) is 10.1. The number of nitrogens with one attached hydrogen (secondary N) is 4. The van der Waals surface area contributed by atoms with Crippen LogP contribution in [0.3, 0.4) is 0 Å². The number of carbonyl (C=O) groups excluding carboxylic acids is 2. The van der Waals surface area contributed by atoms with E-state index in [4.69, 9.17) is 4.74 Å². The molecule has 2 fully saturated rings. The van der Waals surface area contributed by atoms with E-state index in [2.05, 4.69) is 28.2 Å². The Balaban J connectivity index is 1.45. The maximum absolute atomic E-state index is 11.3. The van der Waals surface area contributed by atoms with Crippen molar-refractivity contribution in [3.05, 3.63) is 0 Å². The summed E-state index contributed by atoms with van der Waals surface area (Å²) in [5.41, 5.74) is 0. The van der Waals surface area contributed by atoms with Gasteiger partial charge < -0.3 is 26.0 Å². The number of urea groups is 1. The van der Waals surface area contributed by atoms with Crippen molar-refractivity contribution in [2.24, 2.45) is 0 Å². The summed E-state index contributed by atoms with van der Waals surface area (Å²) in [6.07, 6.45) is 3.84. The number of carbonyl (C=O) groups is 2. The molecule has 0 aromatic rings. The van der Waals surface area contributed by atoms with E-state index in [1.807, 2.05) is 11.8 Å². The zero-order valence-corrected chi connectivity index (χ0v) is 15.4. The Morgan fingerprint density at radius 3 is 3.04 bits per heavy atom. The number of unbranched alkanes of at least 4 members (excludes halogenated alkanes) is 1. The van der Waals surface area contributed by atoms with Crippen LogP contribution in [0.25, 0.3) is 0 Å². The van der Waals surface area contributed by atoms with Crippen LogP contribution < -0.4 is 21.3 Å². The van der Waals surface area contributed by atoms with Gasteiger partial charge >= 0.3 is 6.03 Å². The van der Waals surface area contributed by atoms with Crippen molar-refractivity contribution in [3.63, 3.8) is 0 Å². The van der Waals surface area contributed by atoms with E-state index in [-0.39, 0.29) is 11.9 Å². The van der Waals surface area contributed by atoms with Crippen LogP contribution in [-0.2, 0) is 9.53 Å². The fourth-order valence-electron chi connectivity index (χ4n) is 3.07. The number of rotatable bonds is 11. The van der Waals surface area contributed by atoms with Gasteiger partial charge in [-0.25, -0.2) is 4.79 Å². The van der Waals surface area contributed by atoms with Crippen LogP contribution in [0.5, 0.6) is 0 Å². The Bertz CT molecular complexity index is 424. The molecule has 2 heterocycles. The van der Waals surface area contributed by atoms with Crippen molar-refractivity contribution in [3.8, 4) is 0 Å². The molecular formula is C16H30N4O3S. The first kappa shape index (κ1) is 19.3. The van der Waals surface area contributed by atoms with Gasteiger partial charge in [-0.1, -0.05) is 6.42 Å². The van der Waals surface area contributed by atoms with E-state index >= 15 is 0 Å². The summed E-state index contributed by atoms with van der Waals surface area (Å²) in [5, 5.41) is 12.6. The third-order valence-electron chi connectivity index (χ3n) is 4.47. The monoisotopic (exact) mass is 358 g/mol. The first-order chi connectivity index (χ1) is 11.6. The van der Waals surface area contributed by atoms with Crippen LogP contribution >= 0.6 is 11.8 Å². The molecule has 24 heavy (non-hydrogen) atoms. The highest BCUT2D eigenvalue weighted by molar-refractivity contribution is 8.00. The van der Waals surface area contributed by atoms with Gasteiger partial charge in [0.1, 0.15) is 0 Å². The maximum atomic E-state index is 11.3. The van der Waals surface area contributed by atoms with Crippen molar-refractivity contribution in [2.75, 3.05) is 32.6 Å². The van der Waals surface area contributed by atoms with Crippen LogP contribution in [0.1, 0.15) is 32.6 Å². The van der Waals surface area contributed by atoms with Gasteiger partial charge in [-0.15, -0.1) is 0 Å². The summed E-state index contributed by atoms with van der Waals surface area (Å²) in [6, 6.07) is 0.904. The van der Waals surface area contributed by atoms with E-state index in [0.29, 0.717) is 43.0 Å². The largest absolute Gasteiger partial charge is 0.379 e. The molecule has 3 amide bonds. The van der Waals surface area contributed by atoms with Gasteiger partial charge in [0.2, 0.25) is 5.91 Å². The molecule has 0 aromatic carbocycles. The lowest BCUT2D eigenvalue weighted by Gasteiger charge is -2.17. The van der Waals surface area contributed by atoms with Crippen molar-refractivity contribution < 1.29 is 14.3 Å². The Hall–Kier alpha value is -0.990. The van der Waals surface area contributed by atoms with Crippen molar-refractivity contribution >= 4 is 23.7 Å². The molecule has 7 nitrogen and oxygen atoms in total. The van der Waals surface area contributed by atoms with E-state index in [9.17, 15) is 9.59 Å². The molecule has 8 heteroatoms. The van der Waals surface area contributed by atoms with Crippen LogP contribution in [0.4, 0.5) is 4.79 Å². The molecule has 2 rings (SSSR count). The normalized spacial score (nSPS) is 26.6. The molecule has 0 saturated carbocycles. The van der Waals surface area contributed by atoms with Gasteiger partial charge in [0, 0.05) is 30.5 Å². The quantitative estimate of drug-likeness (QED) is 0.318. The maximum Gasteiger partial charge on any atom is 0.315 e. The average molecular weight is 359 g/mol. The Kier molecular flexibility index (Phi) is 8.14. The lowest BCUT2D eigenvalue weighted by atomic mass is 10.0. The summed E-state index contributed by atoms with van der Waals surface area (Å²) in [7, 11) is 1.63. The molecular weight excluding hydrogens is 328 g/mol. The molecule has 0 radical (unpaired) electrons. The van der Waals surface area contributed by atoms with Gasteiger partial charge in [-0.2, -0.15) is 11.8 Å². The van der Waals surface area contributed by atoms with Crippen molar-refractivity contribution in [1.29, 1.82) is 0 Å². The molecule has 4 atom stereocenters. The van der Waals surface area contributed by atoms with E-state index in [1.165, 1.54) is 0 Å². The number of ether oxygens (including phenoxy) is 1. The molecule has 0 aliphatic carbocycles. The molecule has 0 bridgehead atoms. The fourth-order valence-corrected chi connectivity index (χ4v) is 4.61. The zero-order valence-electron chi connectivity index (χ0n) is 14.6. The Morgan fingerprint density at radius 2 is 2.25 bits per heavy atom. The van der Waals surface area contributed by atoms with Gasteiger partial charge in [0.15, 0.2) is 0 Å². The highest BCUT2D eigenvalue weighted by atomic mass is 32.2. The lowest BCUT2D eigenvalue weighted by molar-refractivity contribution is -0.121. The van der Waals surface area contributed by atoms with Crippen molar-refractivity contribution in [1.82, 2.24) is 21.3 Å². The predicted octanol–water partition coefficient (Wildman–Crippen LogP) is 0.453. The minimum Gasteiger partial charge on any atom is -0.379 e. The SMILES string of the molecule is CNC(=O)CCOCC(C)NCCCCC1SCC2NC(=O)NC21. The second-order valence-electron chi connectivity index (χ2n) is 6.47. The Labute approximate surface area is 148 Å². The van der Waals surface area contributed by atoms with Crippen LogP contribution in [0.15, 0.2) is 0 Å². The predicted molar refractivity (Wildman–Crippen MR) is 96.3 cm³/mol. The van der Waals surface area contributed by atoms with Gasteiger partial charge in [0.25, 0.3) is 0 Å². The number of amides is 3. The van der Waals surface area contributed by atoms with Crippen molar-refractivity contribution in [2.45, 2.75) is 56.0 Å². The average Bonchev–Trinajstić information content (AvgIpc) is 3.10. The molecule has 2 aliphatic heterocycles. The number of hydrogen-bond donors (Lipinski definition) is 4. The highest BCUT2D eigenvalue weighted by Crippen LogP contribution is 2.32. The third-order valence-corrected chi connectivity index (χ3v) is 5.98. The number of fused-ring (bicyclic) bond motifs is 1. The summed E-state index contributed by atoms with van der Waals surface area (Å²) < 4.78 is 5.49. The smallest absolute Gasteiger partial charge is 0.315 e. The summed E-state index contributed by atoms with van der Waals surface area (Å²) in [4.78, 5) is 22.4. The molecule has 0 aromatic heterocycles. The van der Waals surface area contributed by atoms with Crippen LogP contribution in [0.2, 0.25) is 0 Å². The number of hydrogen-bond acceptors (Lipinski definition) is 5. The van der Waals surface area contributed by atoms with E-state index < -0.39 is 0 Å². The summed E-state index contributed by atoms with van der Waals surface area (Å²) in [5.74, 6) is 1.04. The minimum atomic E-state index is -0.0118. The van der Waals surface area contributed by atoms with Gasteiger partial charge in [-0.05, 0) is 26.3 Å². The Morgan fingerprint density at radius 1 is 1.42 bits per heavy atom. The topological polar surface area (TPSA) is 91.5 Å². The fraction of sp³-hybridized carbons (Fsp3) is 0.875. The summed E-state index contributed by atoms with van der Waals surface area (Å²) in [6.45, 7) is 4.15. The molecule has 2 saturated heterocycles. The first-order valence-electron chi connectivity index (χ1n) is 8.80. The first-order valence-corrected chi connectivity index (χ1v) is 9.85. The molecule has 2 aliphatic rings. The number of thioether (sulfide) groups is 1. The third kappa shape index (κ3) is 6.14. The standard InChI is InChI=1S/C16H30N4O3S/c1-11(9-23-8-6-14(21)17-2)18-7-4-3-5-13-15-12(10-24-13)19-16(22)20-15/h11-13,15,18H,3-10H2,1-2H3,(H,17,21)(H2,19,20,22). The minimum absolute atomic E-state index is 0.0105. The van der Waals surface area contributed by atoms with E-state index in [1.54, 1.807) is 7.05 Å². The lowest BCUT2D eigenvalue weighted by Crippen LogP contribution is -2.37. The van der Waals surface area contributed by atoms with E-state index in [0.717, 1.165) is 31.6 Å². The molecule has 138 valence electrons. The zero-order chi connectivity index (χ0) is 17.4. The van der Waals surface area contributed by atoms with Gasteiger partial charge in [-0.3, -0.25) is 4.79 Å². The second-order valence-corrected chi connectivity index (χ2v) is 7.74. The highest BCUT2D eigenvalue weighted by Gasteiger charge is 2.42. The molecule has 0 spiro atoms. The summed E-state index contributed by atoms with van der Waals surface area (Å²) >= 11 is 1.97. The van der Waals surface area contributed by atoms with Gasteiger partial charge in [0.05, 0.1) is 25.3 Å². The molecule has 4 unspecified atom stereocenters. The molecule has 4 N–H and O–H groups in total.